The van der Waals surface area contributed by atoms with Crippen molar-refractivity contribution in [2.24, 2.45) is 0 Å². The smallest absolute Gasteiger partial charge is 0.155 e. The second-order valence-corrected chi connectivity index (χ2v) is 8.90. The van der Waals surface area contributed by atoms with Gasteiger partial charge >= 0.3 is 0 Å². The van der Waals surface area contributed by atoms with Gasteiger partial charge in [0, 0.05) is 46.7 Å². The summed E-state index contributed by atoms with van der Waals surface area (Å²) in [6, 6.07) is 20.7. The molecular weight excluding hydrogens is 609 g/mol. The van der Waals surface area contributed by atoms with Gasteiger partial charge in [0.15, 0.2) is 5.78 Å². The van der Waals surface area contributed by atoms with E-state index in [2.05, 4.69) is 78.4 Å². The molecule has 169 valence electrons. The molecule has 5 aromatic rings. The SMILES string of the molecule is CC(=O)/C=C(/C)O.Cc1[c-]c(-c2ncnc3c2sc2cc4ccccc4cc23)cc(C)c1.[Ir]. The summed E-state index contributed by atoms with van der Waals surface area (Å²) in [6.07, 6.45) is 2.84. The summed E-state index contributed by atoms with van der Waals surface area (Å²) in [4.78, 5) is 19.2. The van der Waals surface area contributed by atoms with Gasteiger partial charge in [0.2, 0.25) is 0 Å². The second kappa shape index (κ2) is 10.3. The first kappa shape index (κ1) is 24.7. The summed E-state index contributed by atoms with van der Waals surface area (Å²) in [6.45, 7) is 7.04. The Morgan fingerprint density at radius 2 is 1.73 bits per heavy atom. The van der Waals surface area contributed by atoms with Crippen molar-refractivity contribution in [2.45, 2.75) is 27.7 Å². The number of fused-ring (bicyclic) bond motifs is 4. The topological polar surface area (TPSA) is 63.1 Å². The zero-order valence-electron chi connectivity index (χ0n) is 18.8. The molecule has 3 aromatic carbocycles. The number of rotatable bonds is 2. The molecule has 0 saturated carbocycles. The zero-order valence-corrected chi connectivity index (χ0v) is 22.0. The number of carbonyl (C=O) groups is 1. The summed E-state index contributed by atoms with van der Waals surface area (Å²) in [5.41, 5.74) is 5.41. The van der Waals surface area contributed by atoms with Crippen LogP contribution in [0.4, 0.5) is 0 Å². The Morgan fingerprint density at radius 1 is 1.03 bits per heavy atom. The van der Waals surface area contributed by atoms with Crippen LogP contribution in [-0.2, 0) is 24.9 Å². The van der Waals surface area contributed by atoms with Gasteiger partial charge in [-0.3, -0.25) is 9.78 Å². The minimum atomic E-state index is -0.125. The van der Waals surface area contributed by atoms with E-state index in [1.54, 1.807) is 17.7 Å². The van der Waals surface area contributed by atoms with Crippen molar-refractivity contribution in [3.8, 4) is 11.3 Å². The predicted octanol–water partition coefficient (Wildman–Crippen LogP) is 7.12. The van der Waals surface area contributed by atoms with Crippen LogP contribution in [0, 0.1) is 19.9 Å². The third-order valence-electron chi connectivity index (χ3n) is 4.93. The molecule has 0 unspecified atom stereocenters. The van der Waals surface area contributed by atoms with Crippen molar-refractivity contribution < 1.29 is 30.0 Å². The number of aliphatic hydroxyl groups is 1. The van der Waals surface area contributed by atoms with Crippen LogP contribution in [0.3, 0.4) is 0 Å². The van der Waals surface area contributed by atoms with Crippen LogP contribution in [0.1, 0.15) is 25.0 Å². The van der Waals surface area contributed by atoms with E-state index in [1.807, 2.05) is 0 Å². The Labute approximate surface area is 210 Å². The second-order valence-electron chi connectivity index (χ2n) is 7.85. The van der Waals surface area contributed by atoms with Gasteiger partial charge in [-0.05, 0) is 36.8 Å². The van der Waals surface area contributed by atoms with Crippen molar-refractivity contribution in [2.75, 3.05) is 0 Å². The number of thiophene rings is 1. The van der Waals surface area contributed by atoms with E-state index in [-0.39, 0.29) is 31.6 Å². The van der Waals surface area contributed by atoms with Gasteiger partial charge in [0.05, 0.1) is 11.3 Å². The molecule has 0 aliphatic rings. The van der Waals surface area contributed by atoms with Crippen LogP contribution < -0.4 is 0 Å². The maximum absolute atomic E-state index is 10.0. The predicted molar refractivity (Wildman–Crippen MR) is 133 cm³/mol. The number of ketones is 1. The molecule has 0 saturated heterocycles. The number of carbonyl (C=O) groups excluding carboxylic acids is 1. The molecule has 2 aromatic heterocycles. The number of nitrogens with zero attached hydrogens (tertiary/aromatic N) is 2. The first-order valence-corrected chi connectivity index (χ1v) is 11.1. The fourth-order valence-corrected chi connectivity index (χ4v) is 4.96. The van der Waals surface area contributed by atoms with Crippen LogP contribution in [-0.4, -0.2) is 20.9 Å². The van der Waals surface area contributed by atoms with Crippen molar-refractivity contribution in [3.63, 3.8) is 0 Å². The molecule has 5 rings (SSSR count). The molecular formula is C27H23IrN2O2S-. The summed E-state index contributed by atoms with van der Waals surface area (Å²) in [7, 11) is 0. The van der Waals surface area contributed by atoms with E-state index >= 15 is 0 Å². The van der Waals surface area contributed by atoms with Gasteiger partial charge in [0.25, 0.3) is 0 Å². The quantitative estimate of drug-likeness (QED) is 0.128. The molecule has 33 heavy (non-hydrogen) atoms. The number of hydrogen-bond donors (Lipinski definition) is 1. The molecule has 4 nitrogen and oxygen atoms in total. The molecule has 0 spiro atoms. The van der Waals surface area contributed by atoms with Crippen LogP contribution >= 0.6 is 11.3 Å². The van der Waals surface area contributed by atoms with E-state index in [0.29, 0.717) is 0 Å². The largest absolute Gasteiger partial charge is 0.512 e. The van der Waals surface area contributed by atoms with E-state index < -0.39 is 0 Å². The fraction of sp³-hybridized carbons (Fsp3) is 0.148. The Bertz CT molecular complexity index is 1480. The summed E-state index contributed by atoms with van der Waals surface area (Å²) in [5.74, 6) is -0.0625. The van der Waals surface area contributed by atoms with Gasteiger partial charge in [-0.15, -0.1) is 46.2 Å². The van der Waals surface area contributed by atoms with Gasteiger partial charge in [0.1, 0.15) is 6.33 Å². The molecule has 0 aliphatic carbocycles. The number of aromatic nitrogens is 2. The van der Waals surface area contributed by atoms with E-state index in [0.717, 1.165) is 27.0 Å². The van der Waals surface area contributed by atoms with Crippen molar-refractivity contribution >= 4 is 48.2 Å². The Kier molecular flexibility index (Phi) is 7.75. The Morgan fingerprint density at radius 3 is 2.33 bits per heavy atom. The Balaban J connectivity index is 0.000000337. The van der Waals surface area contributed by atoms with Gasteiger partial charge < -0.3 is 5.11 Å². The normalized spacial score (nSPS) is 11.2. The van der Waals surface area contributed by atoms with Crippen LogP contribution in [0.2, 0.25) is 0 Å². The third kappa shape index (κ3) is 5.53. The first-order chi connectivity index (χ1) is 15.3. The number of aryl methyl sites for hydroxylation is 2. The molecule has 2 heterocycles. The fourth-order valence-electron chi connectivity index (χ4n) is 3.77. The number of allylic oxidation sites excluding steroid dienone is 2. The number of benzene rings is 3. The van der Waals surface area contributed by atoms with Crippen LogP contribution in [0.15, 0.2) is 66.7 Å². The van der Waals surface area contributed by atoms with E-state index in [9.17, 15) is 4.79 Å². The van der Waals surface area contributed by atoms with Crippen molar-refractivity contribution in [3.05, 3.63) is 83.9 Å². The first-order valence-electron chi connectivity index (χ1n) is 10.3. The maximum atomic E-state index is 10.0. The van der Waals surface area contributed by atoms with Crippen molar-refractivity contribution in [1.29, 1.82) is 0 Å². The summed E-state index contributed by atoms with van der Waals surface area (Å²) in [5, 5.41) is 12.1. The monoisotopic (exact) mass is 632 g/mol. The Hall–Kier alpha value is -2.92. The van der Waals surface area contributed by atoms with E-state index in [4.69, 9.17) is 5.11 Å². The molecule has 0 bridgehead atoms. The van der Waals surface area contributed by atoms with Crippen molar-refractivity contribution in [1.82, 2.24) is 9.97 Å². The number of hydrogen-bond acceptors (Lipinski definition) is 5. The average Bonchev–Trinajstić information content (AvgIpc) is 3.08. The number of aliphatic hydroxyl groups excluding tert-OH is 1. The third-order valence-corrected chi connectivity index (χ3v) is 6.08. The van der Waals surface area contributed by atoms with Gasteiger partial charge in [-0.2, -0.15) is 0 Å². The standard InChI is InChI=1S/C22H15N2S.C5H8O2.Ir/c1-13-7-14(2)9-17(8-13)20-22-21(24-12-23-20)18-10-15-5-3-4-6-16(15)11-19(18)25-22;1-4(6)3-5(2)7;/h3-8,10-12H,1-2H3;3,6H,1-2H3;/q-1;;/b;4-3-;. The van der Waals surface area contributed by atoms with Crippen LogP contribution in [0.5, 0.6) is 0 Å². The van der Waals surface area contributed by atoms with Crippen LogP contribution in [0.25, 0.3) is 42.3 Å². The molecule has 0 atom stereocenters. The molecule has 0 amide bonds. The average molecular weight is 632 g/mol. The van der Waals surface area contributed by atoms with Gasteiger partial charge in [-0.1, -0.05) is 38.1 Å². The maximum Gasteiger partial charge on any atom is 0.155 e. The van der Waals surface area contributed by atoms with E-state index in [1.165, 1.54) is 46.3 Å². The molecule has 1 N–H and O–H groups in total. The summed E-state index contributed by atoms with van der Waals surface area (Å²) < 4.78 is 2.38. The molecule has 0 fully saturated rings. The zero-order chi connectivity index (χ0) is 22.8. The molecule has 1 radical (unpaired) electrons. The molecule has 0 aliphatic heterocycles. The summed E-state index contributed by atoms with van der Waals surface area (Å²) >= 11 is 1.76. The van der Waals surface area contributed by atoms with Gasteiger partial charge in [-0.25, -0.2) is 4.98 Å². The minimum absolute atomic E-state index is 0. The molecule has 6 heteroatoms. The minimum Gasteiger partial charge on any atom is -0.512 e.